The van der Waals surface area contributed by atoms with Crippen molar-refractivity contribution in [3.8, 4) is 0 Å². The molecule has 0 saturated carbocycles. The van der Waals surface area contributed by atoms with Crippen LogP contribution in [0.5, 0.6) is 0 Å². The van der Waals surface area contributed by atoms with Crippen LogP contribution in [-0.2, 0) is 13.6 Å². The molecule has 1 aromatic heterocycles. The van der Waals surface area contributed by atoms with Crippen molar-refractivity contribution < 1.29 is 5.11 Å². The van der Waals surface area contributed by atoms with Crippen molar-refractivity contribution >= 4 is 0 Å². The maximum absolute atomic E-state index is 10.6. The number of aliphatic hydroxyl groups is 1. The Morgan fingerprint density at radius 1 is 1.22 bits per heavy atom. The molecule has 1 aliphatic rings. The van der Waals surface area contributed by atoms with Crippen LogP contribution in [0, 0.1) is 0 Å². The van der Waals surface area contributed by atoms with Gasteiger partial charge in [0.15, 0.2) is 0 Å². The highest BCUT2D eigenvalue weighted by Crippen LogP contribution is 2.27. The van der Waals surface area contributed by atoms with Gasteiger partial charge in [0.1, 0.15) is 5.82 Å². The molecule has 124 valence electrons. The normalized spacial score (nSPS) is 21.0. The number of aromatic nitrogens is 2. The van der Waals surface area contributed by atoms with Gasteiger partial charge in [0.2, 0.25) is 0 Å². The Morgan fingerprint density at radius 2 is 2.04 bits per heavy atom. The zero-order chi connectivity index (χ0) is 16.1. The third kappa shape index (κ3) is 4.21. The van der Waals surface area contributed by atoms with Crippen LogP contribution in [0.3, 0.4) is 0 Å². The molecule has 0 bridgehead atoms. The van der Waals surface area contributed by atoms with Crippen molar-refractivity contribution in [2.75, 3.05) is 6.54 Å². The topological polar surface area (TPSA) is 41.3 Å². The maximum Gasteiger partial charge on any atom is 0.122 e. The number of benzene rings is 1. The number of aliphatic hydroxyl groups excluding tert-OH is 1. The van der Waals surface area contributed by atoms with E-state index in [1.54, 1.807) is 0 Å². The minimum Gasteiger partial charge on any atom is -0.388 e. The summed E-state index contributed by atoms with van der Waals surface area (Å²) < 4.78 is 2.09. The van der Waals surface area contributed by atoms with Crippen LogP contribution in [0.15, 0.2) is 42.7 Å². The van der Waals surface area contributed by atoms with E-state index in [0.29, 0.717) is 6.04 Å². The van der Waals surface area contributed by atoms with Crippen LogP contribution in [0.1, 0.15) is 49.6 Å². The van der Waals surface area contributed by atoms with E-state index in [0.717, 1.165) is 37.3 Å². The van der Waals surface area contributed by atoms with Crippen LogP contribution in [0.4, 0.5) is 0 Å². The summed E-state index contributed by atoms with van der Waals surface area (Å²) in [5.74, 6) is 1.10. The summed E-state index contributed by atoms with van der Waals surface area (Å²) in [7, 11) is 2.05. The van der Waals surface area contributed by atoms with Crippen molar-refractivity contribution in [3.05, 3.63) is 54.1 Å². The van der Waals surface area contributed by atoms with E-state index in [1.807, 2.05) is 49.8 Å². The third-order valence-corrected chi connectivity index (χ3v) is 4.94. The van der Waals surface area contributed by atoms with E-state index in [-0.39, 0.29) is 6.10 Å². The fraction of sp³-hybridized carbons (Fsp3) is 0.526. The van der Waals surface area contributed by atoms with Crippen LogP contribution in [-0.4, -0.2) is 32.1 Å². The van der Waals surface area contributed by atoms with E-state index in [2.05, 4.69) is 14.5 Å². The molecular formula is C19H27N3O. The summed E-state index contributed by atoms with van der Waals surface area (Å²) in [5, 5.41) is 10.6. The molecule has 4 heteroatoms. The van der Waals surface area contributed by atoms with Gasteiger partial charge in [-0.25, -0.2) is 4.98 Å². The highest BCUT2D eigenvalue weighted by molar-refractivity contribution is 5.17. The Morgan fingerprint density at radius 3 is 2.78 bits per heavy atom. The Labute approximate surface area is 138 Å². The molecule has 2 unspecified atom stereocenters. The van der Waals surface area contributed by atoms with Gasteiger partial charge in [-0.1, -0.05) is 43.2 Å². The molecule has 0 radical (unpaired) electrons. The Hall–Kier alpha value is -1.65. The lowest BCUT2D eigenvalue weighted by atomic mass is 9.98. The first-order chi connectivity index (χ1) is 11.2. The second-order valence-corrected chi connectivity index (χ2v) is 6.59. The summed E-state index contributed by atoms with van der Waals surface area (Å²) in [6.07, 6.45) is 9.22. The molecule has 1 aromatic carbocycles. The molecule has 2 atom stereocenters. The zero-order valence-electron chi connectivity index (χ0n) is 13.9. The van der Waals surface area contributed by atoms with Crippen molar-refractivity contribution in [2.24, 2.45) is 7.05 Å². The molecule has 1 N–H and O–H groups in total. The lowest BCUT2D eigenvalue weighted by molar-refractivity contribution is 0.0955. The number of imidazole rings is 1. The SMILES string of the molecule is Cn1ccnc1CN1CCCCCC1CC(O)c1ccccc1. The molecule has 0 aliphatic carbocycles. The largest absolute Gasteiger partial charge is 0.388 e. The maximum atomic E-state index is 10.6. The highest BCUT2D eigenvalue weighted by Gasteiger charge is 2.25. The number of aryl methyl sites for hydroxylation is 1. The highest BCUT2D eigenvalue weighted by atomic mass is 16.3. The minimum atomic E-state index is -0.386. The average molecular weight is 313 g/mol. The van der Waals surface area contributed by atoms with Crippen LogP contribution >= 0.6 is 0 Å². The Bertz CT molecular complexity index is 596. The predicted octanol–water partition coefficient (Wildman–Crippen LogP) is 3.29. The van der Waals surface area contributed by atoms with Gasteiger partial charge in [-0.15, -0.1) is 0 Å². The number of likely N-dealkylation sites (tertiary alicyclic amines) is 1. The first-order valence-corrected chi connectivity index (χ1v) is 8.67. The van der Waals surface area contributed by atoms with Gasteiger partial charge in [-0.3, -0.25) is 4.90 Å². The van der Waals surface area contributed by atoms with Crippen molar-refractivity contribution in [1.29, 1.82) is 0 Å². The van der Waals surface area contributed by atoms with E-state index in [1.165, 1.54) is 19.3 Å². The summed E-state index contributed by atoms with van der Waals surface area (Å²) in [6, 6.07) is 10.4. The first kappa shape index (κ1) is 16.2. The summed E-state index contributed by atoms with van der Waals surface area (Å²) in [5.41, 5.74) is 1.02. The molecule has 0 amide bonds. The van der Waals surface area contributed by atoms with Gasteiger partial charge in [-0.05, 0) is 31.4 Å². The van der Waals surface area contributed by atoms with Crippen LogP contribution in [0.25, 0.3) is 0 Å². The van der Waals surface area contributed by atoms with Gasteiger partial charge < -0.3 is 9.67 Å². The summed E-state index contributed by atoms with van der Waals surface area (Å²) >= 11 is 0. The molecule has 1 aliphatic heterocycles. The van der Waals surface area contributed by atoms with Gasteiger partial charge in [0, 0.05) is 25.5 Å². The fourth-order valence-corrected chi connectivity index (χ4v) is 3.51. The van der Waals surface area contributed by atoms with Crippen molar-refractivity contribution in [1.82, 2.24) is 14.5 Å². The Balaban J connectivity index is 1.70. The fourth-order valence-electron chi connectivity index (χ4n) is 3.51. The smallest absolute Gasteiger partial charge is 0.122 e. The molecule has 23 heavy (non-hydrogen) atoms. The van der Waals surface area contributed by atoms with Crippen LogP contribution < -0.4 is 0 Å². The molecule has 2 heterocycles. The number of nitrogens with zero attached hydrogens (tertiary/aromatic N) is 3. The second-order valence-electron chi connectivity index (χ2n) is 6.59. The van der Waals surface area contributed by atoms with Crippen molar-refractivity contribution in [2.45, 2.75) is 50.8 Å². The molecule has 1 saturated heterocycles. The van der Waals surface area contributed by atoms with Gasteiger partial charge >= 0.3 is 0 Å². The van der Waals surface area contributed by atoms with Crippen LogP contribution in [0.2, 0.25) is 0 Å². The molecule has 4 nitrogen and oxygen atoms in total. The Kier molecular flexibility index (Phi) is 5.47. The van der Waals surface area contributed by atoms with Gasteiger partial charge in [0.05, 0.1) is 12.6 Å². The molecule has 3 rings (SSSR count). The van der Waals surface area contributed by atoms with E-state index in [9.17, 15) is 5.11 Å². The molecule has 1 fully saturated rings. The van der Waals surface area contributed by atoms with Gasteiger partial charge in [-0.2, -0.15) is 0 Å². The van der Waals surface area contributed by atoms with Gasteiger partial charge in [0.25, 0.3) is 0 Å². The first-order valence-electron chi connectivity index (χ1n) is 8.67. The lowest BCUT2D eigenvalue weighted by Crippen LogP contribution is -2.36. The lowest BCUT2D eigenvalue weighted by Gasteiger charge is -2.31. The van der Waals surface area contributed by atoms with E-state index in [4.69, 9.17) is 0 Å². The number of hydrogen-bond donors (Lipinski definition) is 1. The average Bonchev–Trinajstić information content (AvgIpc) is 2.85. The summed E-state index contributed by atoms with van der Waals surface area (Å²) in [6.45, 7) is 1.97. The van der Waals surface area contributed by atoms with E-state index >= 15 is 0 Å². The monoisotopic (exact) mass is 313 g/mol. The van der Waals surface area contributed by atoms with E-state index < -0.39 is 0 Å². The third-order valence-electron chi connectivity index (χ3n) is 4.94. The molecular weight excluding hydrogens is 286 g/mol. The number of hydrogen-bond acceptors (Lipinski definition) is 3. The number of rotatable bonds is 5. The van der Waals surface area contributed by atoms with Crippen molar-refractivity contribution in [3.63, 3.8) is 0 Å². The molecule has 2 aromatic rings. The predicted molar refractivity (Wildman–Crippen MR) is 91.9 cm³/mol. The second kappa shape index (κ2) is 7.75. The summed E-state index contributed by atoms with van der Waals surface area (Å²) in [4.78, 5) is 6.99. The zero-order valence-corrected chi connectivity index (χ0v) is 13.9. The standard InChI is InChI=1S/C19H27N3O/c1-21-13-11-20-19(21)15-22-12-7-3-6-10-17(22)14-18(23)16-8-4-2-5-9-16/h2,4-5,8-9,11,13,17-18,23H,3,6-7,10,12,14-15H2,1H3. The minimum absolute atomic E-state index is 0.386. The molecule has 0 spiro atoms. The quantitative estimate of drug-likeness (QED) is 0.921.